The molecule has 0 saturated carbocycles. The number of nitrogens with zero attached hydrogens (tertiary/aromatic N) is 1. The maximum absolute atomic E-state index is 12.4. The summed E-state index contributed by atoms with van der Waals surface area (Å²) in [5, 5.41) is 0. The van der Waals surface area contributed by atoms with Gasteiger partial charge in [-0.1, -0.05) is 0 Å². The molecule has 1 aromatic carbocycles. The normalized spacial score (nSPS) is 22.6. The molecule has 2 rings (SSSR count). The number of carbonyl (C=O) groups is 1. The molecule has 1 amide bonds. The Bertz CT molecular complexity index is 430. The lowest BCUT2D eigenvalue weighted by Gasteiger charge is -2.21. The molecule has 1 aliphatic rings. The molecule has 0 radical (unpaired) electrons. The Morgan fingerprint density at radius 1 is 1.42 bits per heavy atom. The molecule has 0 aliphatic carbocycles. The highest BCUT2D eigenvalue weighted by Crippen LogP contribution is 2.24. The number of nitrogens with two attached hydrogens (primary N) is 1. The van der Waals surface area contributed by atoms with E-state index in [1.807, 2.05) is 36.1 Å². The largest absolute Gasteiger partial charge is 0.494 e. The zero-order valence-electron chi connectivity index (χ0n) is 11.6. The van der Waals surface area contributed by atoms with Crippen LogP contribution in [0.5, 0.6) is 5.75 Å². The Balaban J connectivity index is 2.07. The van der Waals surface area contributed by atoms with Gasteiger partial charge < -0.3 is 15.4 Å². The number of carbonyl (C=O) groups excluding carboxylic acids is 1. The van der Waals surface area contributed by atoms with Gasteiger partial charge in [0.05, 0.1) is 6.61 Å². The smallest absolute Gasteiger partial charge is 0.254 e. The van der Waals surface area contributed by atoms with Crippen LogP contribution in [0.15, 0.2) is 24.3 Å². The van der Waals surface area contributed by atoms with Crippen molar-refractivity contribution in [1.29, 1.82) is 0 Å². The van der Waals surface area contributed by atoms with Crippen LogP contribution >= 0.6 is 0 Å². The number of likely N-dealkylation sites (tertiary alicyclic amines) is 1. The van der Waals surface area contributed by atoms with Crippen LogP contribution in [0.4, 0.5) is 0 Å². The summed E-state index contributed by atoms with van der Waals surface area (Å²) in [6.45, 7) is 6.08. The van der Waals surface area contributed by atoms with Crippen LogP contribution in [-0.2, 0) is 0 Å². The van der Waals surface area contributed by atoms with Crippen LogP contribution in [0.2, 0.25) is 0 Å². The van der Waals surface area contributed by atoms with Gasteiger partial charge in [-0.15, -0.1) is 0 Å². The summed E-state index contributed by atoms with van der Waals surface area (Å²) in [4.78, 5) is 14.4. The Labute approximate surface area is 114 Å². The van der Waals surface area contributed by atoms with E-state index in [1.54, 1.807) is 0 Å². The fourth-order valence-corrected chi connectivity index (χ4v) is 2.62. The SMILES string of the molecule is CCOc1ccc(C(=O)N2CC(CN)CC2C)cc1. The number of benzene rings is 1. The molecule has 0 aromatic heterocycles. The topological polar surface area (TPSA) is 55.6 Å². The van der Waals surface area contributed by atoms with E-state index < -0.39 is 0 Å². The summed E-state index contributed by atoms with van der Waals surface area (Å²) < 4.78 is 5.38. The molecule has 4 heteroatoms. The molecular formula is C15H22N2O2. The maximum Gasteiger partial charge on any atom is 0.254 e. The first-order valence-electron chi connectivity index (χ1n) is 6.89. The quantitative estimate of drug-likeness (QED) is 0.901. The standard InChI is InChI=1S/C15H22N2O2/c1-3-19-14-6-4-13(5-7-14)15(18)17-10-12(9-16)8-11(17)2/h4-7,11-12H,3,8-10,16H2,1-2H3. The molecule has 0 bridgehead atoms. The van der Waals surface area contributed by atoms with Gasteiger partial charge >= 0.3 is 0 Å². The Hall–Kier alpha value is -1.55. The van der Waals surface area contributed by atoms with Crippen molar-refractivity contribution in [2.45, 2.75) is 26.3 Å². The van der Waals surface area contributed by atoms with E-state index >= 15 is 0 Å². The zero-order chi connectivity index (χ0) is 13.8. The first kappa shape index (κ1) is 13.9. The fourth-order valence-electron chi connectivity index (χ4n) is 2.62. The Morgan fingerprint density at radius 2 is 2.11 bits per heavy atom. The molecule has 2 atom stereocenters. The van der Waals surface area contributed by atoms with Crippen molar-refractivity contribution in [1.82, 2.24) is 4.90 Å². The van der Waals surface area contributed by atoms with Crippen LogP contribution in [0, 0.1) is 5.92 Å². The second kappa shape index (κ2) is 6.06. The van der Waals surface area contributed by atoms with Gasteiger partial charge in [-0.3, -0.25) is 4.79 Å². The van der Waals surface area contributed by atoms with Crippen LogP contribution in [-0.4, -0.2) is 36.5 Å². The number of rotatable bonds is 4. The second-order valence-electron chi connectivity index (χ2n) is 5.10. The summed E-state index contributed by atoms with van der Waals surface area (Å²) in [5.41, 5.74) is 6.41. The van der Waals surface area contributed by atoms with Gasteiger partial charge in [-0.05, 0) is 57.0 Å². The maximum atomic E-state index is 12.4. The van der Waals surface area contributed by atoms with E-state index in [0.717, 1.165) is 18.7 Å². The fraction of sp³-hybridized carbons (Fsp3) is 0.533. The summed E-state index contributed by atoms with van der Waals surface area (Å²) >= 11 is 0. The van der Waals surface area contributed by atoms with E-state index in [1.165, 1.54) is 0 Å². The third-order valence-electron chi connectivity index (χ3n) is 3.67. The lowest BCUT2D eigenvalue weighted by molar-refractivity contribution is 0.0743. The molecule has 1 aliphatic heterocycles. The summed E-state index contributed by atoms with van der Waals surface area (Å²) in [5.74, 6) is 1.32. The minimum Gasteiger partial charge on any atom is -0.494 e. The lowest BCUT2D eigenvalue weighted by atomic mass is 10.1. The molecule has 1 heterocycles. The molecule has 2 unspecified atom stereocenters. The van der Waals surface area contributed by atoms with Crippen molar-refractivity contribution >= 4 is 5.91 Å². The van der Waals surface area contributed by atoms with E-state index in [4.69, 9.17) is 10.5 Å². The van der Waals surface area contributed by atoms with Crippen LogP contribution < -0.4 is 10.5 Å². The van der Waals surface area contributed by atoms with Gasteiger partial charge in [0.15, 0.2) is 0 Å². The first-order valence-corrected chi connectivity index (χ1v) is 6.89. The van der Waals surface area contributed by atoms with Gasteiger partial charge in [0.2, 0.25) is 0 Å². The van der Waals surface area contributed by atoms with E-state index in [0.29, 0.717) is 24.6 Å². The minimum atomic E-state index is 0.0894. The van der Waals surface area contributed by atoms with Crippen LogP contribution in [0.3, 0.4) is 0 Å². The third-order valence-corrected chi connectivity index (χ3v) is 3.67. The molecule has 1 saturated heterocycles. The molecule has 1 fully saturated rings. The van der Waals surface area contributed by atoms with Gasteiger partial charge in [-0.25, -0.2) is 0 Å². The van der Waals surface area contributed by atoms with Crippen LogP contribution in [0.1, 0.15) is 30.6 Å². The highest BCUT2D eigenvalue weighted by Gasteiger charge is 2.31. The monoisotopic (exact) mass is 262 g/mol. The summed E-state index contributed by atoms with van der Waals surface area (Å²) in [6, 6.07) is 7.62. The molecule has 1 aromatic rings. The zero-order valence-corrected chi connectivity index (χ0v) is 11.6. The summed E-state index contributed by atoms with van der Waals surface area (Å²) in [6.07, 6.45) is 0.999. The number of hydrogen-bond donors (Lipinski definition) is 1. The van der Waals surface area contributed by atoms with Crippen molar-refractivity contribution in [3.63, 3.8) is 0 Å². The van der Waals surface area contributed by atoms with Crippen molar-refractivity contribution in [3.8, 4) is 5.75 Å². The highest BCUT2D eigenvalue weighted by atomic mass is 16.5. The predicted octanol–water partition coefficient (Wildman–Crippen LogP) is 1.89. The molecule has 4 nitrogen and oxygen atoms in total. The van der Waals surface area contributed by atoms with Gasteiger partial charge in [0.1, 0.15) is 5.75 Å². The molecule has 2 N–H and O–H groups in total. The van der Waals surface area contributed by atoms with E-state index in [-0.39, 0.29) is 11.9 Å². The third kappa shape index (κ3) is 3.07. The lowest BCUT2D eigenvalue weighted by Crippen LogP contribution is -2.34. The predicted molar refractivity (Wildman–Crippen MR) is 75.3 cm³/mol. The van der Waals surface area contributed by atoms with Gasteiger partial charge in [-0.2, -0.15) is 0 Å². The van der Waals surface area contributed by atoms with Crippen molar-refractivity contribution in [3.05, 3.63) is 29.8 Å². The summed E-state index contributed by atoms with van der Waals surface area (Å²) in [7, 11) is 0. The van der Waals surface area contributed by atoms with Gasteiger partial charge in [0.25, 0.3) is 5.91 Å². The number of amides is 1. The molecule has 19 heavy (non-hydrogen) atoms. The van der Waals surface area contributed by atoms with Gasteiger partial charge in [0, 0.05) is 18.2 Å². The average Bonchev–Trinajstić information content (AvgIpc) is 2.80. The van der Waals surface area contributed by atoms with E-state index in [9.17, 15) is 4.79 Å². The number of hydrogen-bond acceptors (Lipinski definition) is 3. The molecular weight excluding hydrogens is 240 g/mol. The van der Waals surface area contributed by atoms with Crippen molar-refractivity contribution < 1.29 is 9.53 Å². The molecule has 104 valence electrons. The first-order chi connectivity index (χ1) is 9.15. The molecule has 0 spiro atoms. The van der Waals surface area contributed by atoms with Crippen LogP contribution in [0.25, 0.3) is 0 Å². The van der Waals surface area contributed by atoms with E-state index in [2.05, 4.69) is 6.92 Å². The number of ether oxygens (including phenoxy) is 1. The second-order valence-corrected chi connectivity index (χ2v) is 5.10. The van der Waals surface area contributed by atoms with Crippen molar-refractivity contribution in [2.75, 3.05) is 19.7 Å². The minimum absolute atomic E-state index is 0.0894. The Kier molecular flexibility index (Phi) is 4.43. The average molecular weight is 262 g/mol. The highest BCUT2D eigenvalue weighted by molar-refractivity contribution is 5.94. The van der Waals surface area contributed by atoms with Crippen molar-refractivity contribution in [2.24, 2.45) is 11.7 Å². The Morgan fingerprint density at radius 3 is 2.63 bits per heavy atom.